The van der Waals surface area contributed by atoms with Gasteiger partial charge in [-0.05, 0) is 25.5 Å². The largest absolute Gasteiger partial charge is 0.481 e. The Morgan fingerprint density at radius 1 is 0.889 bits per heavy atom. The predicted molar refractivity (Wildman–Crippen MR) is 80.4 cm³/mol. The molecule has 18 heavy (non-hydrogen) atoms. The van der Waals surface area contributed by atoms with Crippen molar-refractivity contribution in [2.75, 3.05) is 12.4 Å². The number of carboxylic acids is 1. The van der Waals surface area contributed by atoms with E-state index in [1.54, 1.807) is 6.92 Å². The minimum Gasteiger partial charge on any atom is -0.481 e. The van der Waals surface area contributed by atoms with Gasteiger partial charge in [-0.15, -0.1) is 0 Å². The number of hydrogen-bond acceptors (Lipinski definition) is 3. The van der Waals surface area contributed by atoms with Crippen molar-refractivity contribution >= 4 is 18.6 Å². The molecule has 0 amide bonds. The highest BCUT2D eigenvalue weighted by Gasteiger charge is 1.96. The van der Waals surface area contributed by atoms with E-state index in [1.807, 2.05) is 0 Å². The van der Waals surface area contributed by atoms with Crippen LogP contribution in [0.15, 0.2) is 0 Å². The van der Waals surface area contributed by atoms with Crippen LogP contribution in [0, 0.1) is 0 Å². The van der Waals surface area contributed by atoms with E-state index in [-0.39, 0.29) is 6.61 Å². The highest BCUT2D eigenvalue weighted by Crippen LogP contribution is 2.10. The van der Waals surface area contributed by atoms with Crippen LogP contribution < -0.4 is 0 Å². The average molecular weight is 278 g/mol. The zero-order chi connectivity index (χ0) is 14.1. The fourth-order valence-electron chi connectivity index (χ4n) is 1.63. The number of unbranched alkanes of at least 4 members (excludes halogenated alkanes) is 8. The third-order valence-corrected chi connectivity index (χ3v) is 2.86. The Bertz CT molecular complexity index is 163. The van der Waals surface area contributed by atoms with Crippen LogP contribution in [0.4, 0.5) is 0 Å². The summed E-state index contributed by atoms with van der Waals surface area (Å²) in [7, 11) is 0. The lowest BCUT2D eigenvalue weighted by Gasteiger charge is -2.00. The average Bonchev–Trinajstić information content (AvgIpc) is 2.32. The highest BCUT2D eigenvalue weighted by molar-refractivity contribution is 7.80. The normalized spacial score (nSPS) is 9.72. The third-order valence-electron chi connectivity index (χ3n) is 2.55. The van der Waals surface area contributed by atoms with Crippen LogP contribution >= 0.6 is 12.6 Å². The zero-order valence-corrected chi connectivity index (χ0v) is 12.6. The molecule has 0 bridgehead atoms. The summed E-state index contributed by atoms with van der Waals surface area (Å²) in [6.45, 7) is 1.93. The molecular formula is C14H30O3S. The summed E-state index contributed by atoms with van der Waals surface area (Å²) in [6, 6.07) is 0. The Balaban J connectivity index is 0. The molecule has 0 unspecified atom stereocenters. The maximum Gasteiger partial charge on any atom is 0.303 e. The van der Waals surface area contributed by atoms with Crippen LogP contribution in [0.5, 0.6) is 0 Å². The molecule has 0 saturated heterocycles. The lowest BCUT2D eigenvalue weighted by Crippen LogP contribution is -1.93. The number of carboxylic acid groups (broad SMARTS) is 1. The summed E-state index contributed by atoms with van der Waals surface area (Å²) in [5, 5.41) is 16.0. The van der Waals surface area contributed by atoms with E-state index in [0.29, 0.717) is 6.42 Å². The van der Waals surface area contributed by atoms with E-state index in [4.69, 9.17) is 10.2 Å². The molecule has 0 aliphatic rings. The van der Waals surface area contributed by atoms with Gasteiger partial charge in [0.1, 0.15) is 0 Å². The molecule has 0 aliphatic carbocycles. The van der Waals surface area contributed by atoms with E-state index in [2.05, 4.69) is 12.6 Å². The molecule has 110 valence electrons. The van der Waals surface area contributed by atoms with Gasteiger partial charge in [0, 0.05) is 13.0 Å². The van der Waals surface area contributed by atoms with Crippen molar-refractivity contribution in [1.82, 2.24) is 0 Å². The molecular weight excluding hydrogens is 248 g/mol. The summed E-state index contributed by atoms with van der Waals surface area (Å²) in [5.41, 5.74) is 0. The van der Waals surface area contributed by atoms with E-state index in [9.17, 15) is 4.79 Å². The monoisotopic (exact) mass is 278 g/mol. The topological polar surface area (TPSA) is 57.5 Å². The number of carbonyl (C=O) groups is 1. The smallest absolute Gasteiger partial charge is 0.303 e. The number of aliphatic carboxylic acids is 1. The van der Waals surface area contributed by atoms with Crippen molar-refractivity contribution in [1.29, 1.82) is 0 Å². The number of aliphatic hydroxyl groups is 1. The second-order valence-electron chi connectivity index (χ2n) is 4.37. The molecule has 0 rings (SSSR count). The van der Waals surface area contributed by atoms with Gasteiger partial charge in [0.05, 0.1) is 0 Å². The van der Waals surface area contributed by atoms with Crippen molar-refractivity contribution in [2.45, 2.75) is 71.1 Å². The first kappa shape index (κ1) is 20.1. The van der Waals surface area contributed by atoms with Gasteiger partial charge in [0.15, 0.2) is 0 Å². The Hall–Kier alpha value is -0.220. The first-order valence-corrected chi connectivity index (χ1v) is 7.75. The summed E-state index contributed by atoms with van der Waals surface area (Å²) < 4.78 is 0. The SMILES string of the molecule is CCO.O=C(O)CCCCCCCCCCCS. The lowest BCUT2D eigenvalue weighted by atomic mass is 10.1. The molecule has 0 saturated carbocycles. The standard InChI is InChI=1S/C12H24O2S.C2H6O/c13-12(14)10-8-6-4-2-1-3-5-7-9-11-15;1-2-3/h15H,1-11H2,(H,13,14);3H,2H2,1H3. The Morgan fingerprint density at radius 3 is 1.56 bits per heavy atom. The number of hydrogen-bond donors (Lipinski definition) is 3. The molecule has 0 aliphatic heterocycles. The van der Waals surface area contributed by atoms with Crippen molar-refractivity contribution < 1.29 is 15.0 Å². The van der Waals surface area contributed by atoms with E-state index >= 15 is 0 Å². The van der Waals surface area contributed by atoms with Crippen LogP contribution in [0.25, 0.3) is 0 Å². The Morgan fingerprint density at radius 2 is 1.22 bits per heavy atom. The molecule has 2 N–H and O–H groups in total. The minimum absolute atomic E-state index is 0.250. The lowest BCUT2D eigenvalue weighted by molar-refractivity contribution is -0.137. The van der Waals surface area contributed by atoms with Crippen LogP contribution in [0.1, 0.15) is 71.1 Å². The van der Waals surface area contributed by atoms with Crippen molar-refractivity contribution in [3.8, 4) is 0 Å². The van der Waals surface area contributed by atoms with Gasteiger partial charge in [-0.3, -0.25) is 4.79 Å². The van der Waals surface area contributed by atoms with Crippen molar-refractivity contribution in [2.24, 2.45) is 0 Å². The van der Waals surface area contributed by atoms with Gasteiger partial charge < -0.3 is 10.2 Å². The second kappa shape index (κ2) is 19.1. The first-order valence-electron chi connectivity index (χ1n) is 7.12. The maximum absolute atomic E-state index is 10.2. The summed E-state index contributed by atoms with van der Waals surface area (Å²) in [4.78, 5) is 10.2. The third kappa shape index (κ3) is 24.8. The Labute approximate surface area is 117 Å². The molecule has 0 heterocycles. The summed E-state index contributed by atoms with van der Waals surface area (Å²) in [6.07, 6.45) is 11.2. The molecule has 0 fully saturated rings. The summed E-state index contributed by atoms with van der Waals surface area (Å²) in [5.74, 6) is 0.344. The van der Waals surface area contributed by atoms with Gasteiger partial charge in [0.2, 0.25) is 0 Å². The van der Waals surface area contributed by atoms with Crippen LogP contribution in [0.3, 0.4) is 0 Å². The van der Waals surface area contributed by atoms with Crippen LogP contribution in [0.2, 0.25) is 0 Å². The van der Waals surface area contributed by atoms with E-state index in [0.717, 1.165) is 18.6 Å². The minimum atomic E-state index is -0.665. The molecule has 0 atom stereocenters. The molecule has 4 heteroatoms. The zero-order valence-electron chi connectivity index (χ0n) is 11.7. The summed E-state index contributed by atoms with van der Waals surface area (Å²) >= 11 is 4.17. The fraction of sp³-hybridized carbons (Fsp3) is 0.929. The molecule has 0 aromatic heterocycles. The van der Waals surface area contributed by atoms with E-state index in [1.165, 1.54) is 44.9 Å². The van der Waals surface area contributed by atoms with Crippen molar-refractivity contribution in [3.63, 3.8) is 0 Å². The molecule has 0 aromatic carbocycles. The quantitative estimate of drug-likeness (QED) is 0.397. The Kier molecular flexibility index (Phi) is 21.4. The molecule has 0 aromatic rings. The molecule has 3 nitrogen and oxygen atoms in total. The number of thiol groups is 1. The van der Waals surface area contributed by atoms with Gasteiger partial charge in [-0.2, -0.15) is 12.6 Å². The predicted octanol–water partition coefficient (Wildman–Crippen LogP) is 3.90. The van der Waals surface area contributed by atoms with Gasteiger partial charge in [0.25, 0.3) is 0 Å². The number of rotatable bonds is 11. The van der Waals surface area contributed by atoms with Gasteiger partial charge in [-0.25, -0.2) is 0 Å². The van der Waals surface area contributed by atoms with Gasteiger partial charge >= 0.3 is 5.97 Å². The first-order chi connectivity index (χ1) is 8.68. The maximum atomic E-state index is 10.2. The second-order valence-corrected chi connectivity index (χ2v) is 4.81. The molecule has 0 spiro atoms. The highest BCUT2D eigenvalue weighted by atomic mass is 32.1. The van der Waals surface area contributed by atoms with Crippen LogP contribution in [-0.2, 0) is 4.79 Å². The fourth-order valence-corrected chi connectivity index (χ4v) is 1.85. The number of aliphatic hydroxyl groups excluding tert-OH is 1. The van der Waals surface area contributed by atoms with Crippen molar-refractivity contribution in [3.05, 3.63) is 0 Å². The van der Waals surface area contributed by atoms with Gasteiger partial charge in [-0.1, -0.05) is 44.9 Å². The van der Waals surface area contributed by atoms with E-state index < -0.39 is 5.97 Å². The van der Waals surface area contributed by atoms with Crippen LogP contribution in [-0.4, -0.2) is 28.5 Å². The molecule has 0 radical (unpaired) electrons.